The molecule has 86 valence electrons. The first-order chi connectivity index (χ1) is 7.58. The summed E-state index contributed by atoms with van der Waals surface area (Å²) in [7, 11) is 3.97. The first kappa shape index (κ1) is 11.2. The van der Waals surface area contributed by atoms with Gasteiger partial charge in [0.15, 0.2) is 0 Å². The van der Waals surface area contributed by atoms with Crippen LogP contribution in [-0.4, -0.2) is 35.1 Å². The first-order valence-electron chi connectivity index (χ1n) is 5.11. The maximum absolute atomic E-state index is 11.7. The number of hydrogen-bond donors (Lipinski definition) is 1. The van der Waals surface area contributed by atoms with Crippen molar-refractivity contribution in [3.63, 3.8) is 0 Å². The molecular weight excluding hydrogens is 226 g/mol. The van der Waals surface area contributed by atoms with E-state index in [1.807, 2.05) is 25.1 Å². The molecular formula is C11H14ClN3O. The zero-order valence-corrected chi connectivity index (χ0v) is 10.1. The molecule has 0 radical (unpaired) electrons. The highest BCUT2D eigenvalue weighted by Gasteiger charge is 2.06. The Hall–Kier alpha value is -1.26. The van der Waals surface area contributed by atoms with Crippen molar-refractivity contribution >= 4 is 22.6 Å². The lowest BCUT2D eigenvalue weighted by Gasteiger charge is -2.09. The second kappa shape index (κ2) is 4.31. The minimum atomic E-state index is -0.0842. The van der Waals surface area contributed by atoms with E-state index in [2.05, 4.69) is 4.98 Å². The third-order valence-corrected chi connectivity index (χ3v) is 2.74. The van der Waals surface area contributed by atoms with Crippen molar-refractivity contribution in [2.75, 3.05) is 20.6 Å². The molecule has 0 aliphatic rings. The Morgan fingerprint density at radius 2 is 2.19 bits per heavy atom. The fourth-order valence-electron chi connectivity index (χ4n) is 1.66. The van der Waals surface area contributed by atoms with E-state index in [4.69, 9.17) is 11.6 Å². The quantitative estimate of drug-likeness (QED) is 0.883. The Bertz CT molecular complexity index is 556. The summed E-state index contributed by atoms with van der Waals surface area (Å²) in [5, 5.41) is 0.633. The molecule has 0 spiro atoms. The Morgan fingerprint density at radius 3 is 2.88 bits per heavy atom. The number of fused-ring (bicyclic) bond motifs is 1. The number of aromatic amines is 1. The van der Waals surface area contributed by atoms with Gasteiger partial charge < -0.3 is 9.88 Å². The molecule has 16 heavy (non-hydrogen) atoms. The average molecular weight is 240 g/mol. The number of likely N-dealkylation sites (N-methyl/N-ethyl adjacent to an activating group) is 1. The van der Waals surface area contributed by atoms with Crippen LogP contribution in [0.4, 0.5) is 0 Å². The van der Waals surface area contributed by atoms with Gasteiger partial charge >= 0.3 is 5.69 Å². The summed E-state index contributed by atoms with van der Waals surface area (Å²) in [5.74, 6) is 0. The number of halogens is 1. The van der Waals surface area contributed by atoms with Crippen LogP contribution in [0, 0.1) is 0 Å². The zero-order chi connectivity index (χ0) is 11.7. The van der Waals surface area contributed by atoms with Crippen molar-refractivity contribution in [1.29, 1.82) is 0 Å². The fourth-order valence-corrected chi connectivity index (χ4v) is 1.83. The molecule has 0 fully saturated rings. The molecule has 0 saturated heterocycles. The van der Waals surface area contributed by atoms with Crippen LogP contribution in [0.5, 0.6) is 0 Å². The third-order valence-electron chi connectivity index (χ3n) is 2.51. The molecule has 0 amide bonds. The van der Waals surface area contributed by atoms with Gasteiger partial charge in [0, 0.05) is 18.1 Å². The lowest BCUT2D eigenvalue weighted by atomic mass is 10.3. The second-order valence-corrected chi connectivity index (χ2v) is 4.48. The van der Waals surface area contributed by atoms with Crippen molar-refractivity contribution in [1.82, 2.24) is 14.5 Å². The Kier molecular flexibility index (Phi) is 3.03. The number of rotatable bonds is 3. The molecule has 2 rings (SSSR count). The van der Waals surface area contributed by atoms with Crippen LogP contribution in [0.2, 0.25) is 5.02 Å². The van der Waals surface area contributed by atoms with Gasteiger partial charge in [0.25, 0.3) is 0 Å². The topological polar surface area (TPSA) is 41.0 Å². The monoisotopic (exact) mass is 239 g/mol. The highest BCUT2D eigenvalue weighted by molar-refractivity contribution is 6.31. The largest absolute Gasteiger partial charge is 0.326 e. The van der Waals surface area contributed by atoms with Crippen LogP contribution in [-0.2, 0) is 6.54 Å². The molecule has 4 nitrogen and oxygen atoms in total. The number of aromatic nitrogens is 2. The summed E-state index contributed by atoms with van der Waals surface area (Å²) in [4.78, 5) is 16.5. The van der Waals surface area contributed by atoms with E-state index < -0.39 is 0 Å². The average Bonchev–Trinajstić information content (AvgIpc) is 2.50. The molecule has 0 saturated carbocycles. The number of H-pyrrole nitrogens is 1. The summed E-state index contributed by atoms with van der Waals surface area (Å²) in [6, 6.07) is 5.43. The van der Waals surface area contributed by atoms with Gasteiger partial charge in [-0.15, -0.1) is 0 Å². The summed E-state index contributed by atoms with van der Waals surface area (Å²) in [6.45, 7) is 1.50. The van der Waals surface area contributed by atoms with Crippen LogP contribution in [0.25, 0.3) is 11.0 Å². The maximum Gasteiger partial charge on any atom is 0.326 e. The highest BCUT2D eigenvalue weighted by atomic mass is 35.5. The predicted octanol–water partition coefficient (Wildman–Crippen LogP) is 1.54. The summed E-state index contributed by atoms with van der Waals surface area (Å²) in [6.07, 6.45) is 0. The third kappa shape index (κ3) is 2.13. The molecule has 0 bridgehead atoms. The van der Waals surface area contributed by atoms with Crippen LogP contribution < -0.4 is 5.69 Å². The molecule has 5 heteroatoms. The summed E-state index contributed by atoms with van der Waals surface area (Å²) in [5.41, 5.74) is 1.60. The molecule has 1 aromatic carbocycles. The minimum Gasteiger partial charge on any atom is -0.308 e. The summed E-state index contributed by atoms with van der Waals surface area (Å²) >= 11 is 5.87. The van der Waals surface area contributed by atoms with Gasteiger partial charge in [0.2, 0.25) is 0 Å². The van der Waals surface area contributed by atoms with E-state index in [-0.39, 0.29) is 5.69 Å². The van der Waals surface area contributed by atoms with Crippen LogP contribution in [0.1, 0.15) is 0 Å². The zero-order valence-electron chi connectivity index (χ0n) is 9.33. The van der Waals surface area contributed by atoms with Gasteiger partial charge in [-0.25, -0.2) is 4.79 Å². The number of hydrogen-bond acceptors (Lipinski definition) is 2. The minimum absolute atomic E-state index is 0.0842. The van der Waals surface area contributed by atoms with Crippen molar-refractivity contribution in [2.45, 2.75) is 6.54 Å². The number of imidazole rings is 1. The standard InChI is InChI=1S/C11H14ClN3O/c1-14(2)5-6-15-10-4-3-8(12)7-9(10)13-11(15)16/h3-4,7H,5-6H2,1-2H3,(H,13,16). The van der Waals surface area contributed by atoms with Crippen molar-refractivity contribution < 1.29 is 0 Å². The van der Waals surface area contributed by atoms with Gasteiger partial charge in [-0.2, -0.15) is 0 Å². The van der Waals surface area contributed by atoms with Crippen LogP contribution >= 0.6 is 11.6 Å². The Morgan fingerprint density at radius 1 is 1.44 bits per heavy atom. The maximum atomic E-state index is 11.7. The molecule has 1 heterocycles. The molecule has 0 aliphatic carbocycles. The summed E-state index contributed by atoms with van der Waals surface area (Å²) < 4.78 is 1.73. The van der Waals surface area contributed by atoms with Gasteiger partial charge in [0.1, 0.15) is 0 Å². The highest BCUT2D eigenvalue weighted by Crippen LogP contribution is 2.16. The molecule has 2 aromatic rings. The first-order valence-corrected chi connectivity index (χ1v) is 5.48. The van der Waals surface area contributed by atoms with E-state index in [1.165, 1.54) is 0 Å². The molecule has 1 aromatic heterocycles. The number of nitrogens with zero attached hydrogens (tertiary/aromatic N) is 2. The van der Waals surface area contributed by atoms with Gasteiger partial charge in [-0.05, 0) is 32.3 Å². The Labute approximate surface area is 98.4 Å². The van der Waals surface area contributed by atoms with Crippen molar-refractivity contribution in [3.8, 4) is 0 Å². The lowest BCUT2D eigenvalue weighted by Crippen LogP contribution is -2.24. The normalized spacial score (nSPS) is 11.5. The van der Waals surface area contributed by atoms with Gasteiger partial charge in [-0.3, -0.25) is 4.57 Å². The van der Waals surface area contributed by atoms with E-state index in [0.717, 1.165) is 17.6 Å². The van der Waals surface area contributed by atoms with E-state index in [1.54, 1.807) is 16.7 Å². The molecule has 0 aliphatic heterocycles. The van der Waals surface area contributed by atoms with Gasteiger partial charge in [0.05, 0.1) is 11.0 Å². The SMILES string of the molecule is CN(C)CCn1c(=O)[nH]c2cc(Cl)ccc21. The number of benzene rings is 1. The number of nitrogens with one attached hydrogen (secondary N) is 1. The van der Waals surface area contributed by atoms with Crippen molar-refractivity contribution in [3.05, 3.63) is 33.7 Å². The Balaban J connectivity index is 2.44. The molecule has 0 unspecified atom stereocenters. The molecule has 0 atom stereocenters. The van der Waals surface area contributed by atoms with E-state index >= 15 is 0 Å². The predicted molar refractivity (Wildman–Crippen MR) is 66.1 cm³/mol. The van der Waals surface area contributed by atoms with E-state index in [0.29, 0.717) is 11.6 Å². The van der Waals surface area contributed by atoms with Crippen LogP contribution in [0.15, 0.2) is 23.0 Å². The fraction of sp³-hybridized carbons (Fsp3) is 0.364. The van der Waals surface area contributed by atoms with Gasteiger partial charge in [-0.1, -0.05) is 11.6 Å². The van der Waals surface area contributed by atoms with Crippen LogP contribution in [0.3, 0.4) is 0 Å². The second-order valence-electron chi connectivity index (χ2n) is 4.05. The molecule has 1 N–H and O–H groups in total. The lowest BCUT2D eigenvalue weighted by molar-refractivity contribution is 0.384. The van der Waals surface area contributed by atoms with E-state index in [9.17, 15) is 4.79 Å². The van der Waals surface area contributed by atoms with Crippen molar-refractivity contribution in [2.24, 2.45) is 0 Å². The smallest absolute Gasteiger partial charge is 0.308 e.